The van der Waals surface area contributed by atoms with Crippen LogP contribution in [0.1, 0.15) is 23.6 Å². The third kappa shape index (κ3) is 1.37. The number of aryl methyl sites for hydroxylation is 1. The maximum absolute atomic E-state index is 3.14. The number of hydrogen-bond acceptors (Lipinski definition) is 1. The summed E-state index contributed by atoms with van der Waals surface area (Å²) >= 11 is 0. The molecule has 1 aliphatic heterocycles. The van der Waals surface area contributed by atoms with Crippen LogP contribution in [0.25, 0.3) is 0 Å². The first-order chi connectivity index (χ1) is 5.90. The van der Waals surface area contributed by atoms with Gasteiger partial charge in [-0.2, -0.15) is 0 Å². The van der Waals surface area contributed by atoms with E-state index in [-0.39, 0.29) is 0 Å². The van der Waals surface area contributed by atoms with Gasteiger partial charge >= 0.3 is 0 Å². The summed E-state index contributed by atoms with van der Waals surface area (Å²) < 4.78 is 0. The lowest BCUT2D eigenvalue weighted by Gasteiger charge is -2.16. The van der Waals surface area contributed by atoms with Gasteiger partial charge in [0.05, 0.1) is 6.54 Å². The van der Waals surface area contributed by atoms with Crippen molar-refractivity contribution < 1.29 is 0 Å². The zero-order valence-corrected chi connectivity index (χ0v) is 7.35. The van der Waals surface area contributed by atoms with Crippen molar-refractivity contribution in [2.24, 2.45) is 0 Å². The molecule has 0 bridgehead atoms. The van der Waals surface area contributed by atoms with Gasteiger partial charge in [-0.1, -0.05) is 25.1 Å². The topological polar surface area (TPSA) is 12.0 Å². The monoisotopic (exact) mass is 159 g/mol. The van der Waals surface area contributed by atoms with Gasteiger partial charge in [-0.25, -0.2) is 0 Å². The van der Waals surface area contributed by atoms with E-state index < -0.39 is 0 Å². The Morgan fingerprint density at radius 2 is 2.33 bits per heavy atom. The molecular formula is C11H13N. The number of benzene rings is 1. The number of rotatable bonds is 1. The zero-order chi connectivity index (χ0) is 8.39. The number of fused-ring (bicyclic) bond motifs is 1. The Bertz CT molecular complexity index is 278. The minimum absolute atomic E-state index is 0.944. The van der Waals surface area contributed by atoms with Crippen LogP contribution < -0.4 is 5.32 Å². The van der Waals surface area contributed by atoms with Crippen LogP contribution in [-0.2, 0) is 19.4 Å². The summed E-state index contributed by atoms with van der Waals surface area (Å²) in [6.07, 6.45) is 2.07. The van der Waals surface area contributed by atoms with Crippen molar-refractivity contribution in [3.05, 3.63) is 41.4 Å². The average molecular weight is 159 g/mol. The highest BCUT2D eigenvalue weighted by molar-refractivity contribution is 5.34. The molecule has 62 valence electrons. The van der Waals surface area contributed by atoms with E-state index in [1.54, 1.807) is 0 Å². The van der Waals surface area contributed by atoms with Gasteiger partial charge in [0, 0.05) is 6.54 Å². The molecule has 0 fully saturated rings. The van der Waals surface area contributed by atoms with E-state index in [1.807, 2.05) is 0 Å². The molecule has 1 aliphatic rings. The molecule has 1 nitrogen and oxygen atoms in total. The Balaban J connectivity index is 2.36. The number of hydrogen-bond donors (Lipinski definition) is 1. The minimum Gasteiger partial charge on any atom is -0.303 e. The normalized spacial score (nSPS) is 15.8. The molecule has 0 unspecified atom stereocenters. The molecule has 12 heavy (non-hydrogen) atoms. The molecule has 1 aromatic carbocycles. The Hall–Kier alpha value is -0.820. The summed E-state index contributed by atoms with van der Waals surface area (Å²) in [5.74, 6) is 0. The van der Waals surface area contributed by atoms with Gasteiger partial charge in [0.25, 0.3) is 0 Å². The molecule has 0 aromatic heterocycles. The molecule has 0 saturated carbocycles. The van der Waals surface area contributed by atoms with Crippen LogP contribution in [0.2, 0.25) is 0 Å². The van der Waals surface area contributed by atoms with Crippen molar-refractivity contribution >= 4 is 0 Å². The van der Waals surface area contributed by atoms with Crippen molar-refractivity contribution in [1.29, 1.82) is 0 Å². The van der Waals surface area contributed by atoms with E-state index in [4.69, 9.17) is 0 Å². The molecule has 0 atom stereocenters. The number of nitrogens with one attached hydrogen (secondary N) is 1. The Morgan fingerprint density at radius 1 is 1.42 bits per heavy atom. The molecule has 0 amide bonds. The van der Waals surface area contributed by atoms with Crippen molar-refractivity contribution in [3.8, 4) is 0 Å². The van der Waals surface area contributed by atoms with E-state index in [0.717, 1.165) is 19.4 Å². The Labute approximate surface area is 73.8 Å². The van der Waals surface area contributed by atoms with E-state index in [1.165, 1.54) is 16.7 Å². The summed E-state index contributed by atoms with van der Waals surface area (Å²) in [5.41, 5.74) is 4.29. The SMILES string of the molecule is CCc1ccc2c(c1)C[C]NC2. The van der Waals surface area contributed by atoms with Crippen molar-refractivity contribution in [2.45, 2.75) is 26.3 Å². The fourth-order valence-corrected chi connectivity index (χ4v) is 1.55. The van der Waals surface area contributed by atoms with Crippen LogP contribution in [0.15, 0.2) is 18.2 Å². The summed E-state index contributed by atoms with van der Waals surface area (Å²) in [7, 11) is 0. The maximum atomic E-state index is 3.14. The highest BCUT2D eigenvalue weighted by Gasteiger charge is 2.08. The van der Waals surface area contributed by atoms with Crippen LogP contribution in [-0.4, -0.2) is 0 Å². The van der Waals surface area contributed by atoms with Crippen LogP contribution in [0, 0.1) is 6.54 Å². The molecule has 0 spiro atoms. The van der Waals surface area contributed by atoms with E-state index in [0.29, 0.717) is 0 Å². The van der Waals surface area contributed by atoms with Crippen LogP contribution >= 0.6 is 0 Å². The summed E-state index contributed by atoms with van der Waals surface area (Å²) in [5, 5.41) is 3.13. The van der Waals surface area contributed by atoms with Gasteiger partial charge in [0.1, 0.15) is 0 Å². The highest BCUT2D eigenvalue weighted by atomic mass is 14.9. The summed E-state index contributed by atoms with van der Waals surface area (Å²) in [6.45, 7) is 6.28. The predicted molar refractivity (Wildman–Crippen MR) is 49.6 cm³/mol. The van der Waals surface area contributed by atoms with Gasteiger partial charge in [0.2, 0.25) is 0 Å². The molecule has 2 rings (SSSR count). The molecule has 1 N–H and O–H groups in total. The lowest BCUT2D eigenvalue weighted by molar-refractivity contribution is 0.725. The fraction of sp³-hybridized carbons (Fsp3) is 0.364. The largest absolute Gasteiger partial charge is 0.303 e. The Kier molecular flexibility index (Phi) is 2.13. The second-order valence-corrected chi connectivity index (χ2v) is 3.16. The third-order valence-corrected chi connectivity index (χ3v) is 2.36. The highest BCUT2D eigenvalue weighted by Crippen LogP contribution is 2.17. The third-order valence-electron chi connectivity index (χ3n) is 2.36. The lowest BCUT2D eigenvalue weighted by atomic mass is 9.98. The fourth-order valence-electron chi connectivity index (χ4n) is 1.55. The molecule has 1 heteroatoms. The molecular weight excluding hydrogens is 146 g/mol. The van der Waals surface area contributed by atoms with E-state index >= 15 is 0 Å². The second-order valence-electron chi connectivity index (χ2n) is 3.16. The van der Waals surface area contributed by atoms with E-state index in [9.17, 15) is 0 Å². The molecule has 1 aromatic rings. The Morgan fingerprint density at radius 3 is 3.17 bits per heavy atom. The summed E-state index contributed by atoms with van der Waals surface area (Å²) in [4.78, 5) is 0. The van der Waals surface area contributed by atoms with Gasteiger partial charge < -0.3 is 5.32 Å². The standard InChI is InChI=1S/C11H13N/c1-2-9-3-4-11-8-12-6-5-10(11)7-9/h3-4,7,12H,2,5,8H2,1H3. The first kappa shape index (κ1) is 7.81. The van der Waals surface area contributed by atoms with Crippen molar-refractivity contribution in [2.75, 3.05) is 0 Å². The first-order valence-electron chi connectivity index (χ1n) is 4.46. The van der Waals surface area contributed by atoms with Gasteiger partial charge in [-0.05, 0) is 29.5 Å². The summed E-state index contributed by atoms with van der Waals surface area (Å²) in [6, 6.07) is 6.73. The van der Waals surface area contributed by atoms with Crippen molar-refractivity contribution in [3.63, 3.8) is 0 Å². The van der Waals surface area contributed by atoms with Crippen LogP contribution in [0.5, 0.6) is 0 Å². The zero-order valence-electron chi connectivity index (χ0n) is 7.35. The molecule has 0 aliphatic carbocycles. The van der Waals surface area contributed by atoms with Gasteiger partial charge in [0.15, 0.2) is 0 Å². The predicted octanol–water partition coefficient (Wildman–Crippen LogP) is 1.93. The molecule has 0 saturated heterocycles. The van der Waals surface area contributed by atoms with Crippen LogP contribution in [0.3, 0.4) is 0 Å². The maximum Gasteiger partial charge on any atom is 0.0636 e. The van der Waals surface area contributed by atoms with Gasteiger partial charge in [-0.15, -0.1) is 0 Å². The second kappa shape index (κ2) is 3.28. The first-order valence-corrected chi connectivity index (χ1v) is 4.46. The smallest absolute Gasteiger partial charge is 0.0636 e. The minimum atomic E-state index is 0.944. The van der Waals surface area contributed by atoms with Gasteiger partial charge in [-0.3, -0.25) is 0 Å². The molecule has 2 radical (unpaired) electrons. The van der Waals surface area contributed by atoms with Crippen molar-refractivity contribution in [1.82, 2.24) is 5.32 Å². The quantitative estimate of drug-likeness (QED) is 0.660. The average Bonchev–Trinajstić information content (AvgIpc) is 2.17. The lowest BCUT2D eigenvalue weighted by Crippen LogP contribution is -2.18. The molecule has 1 heterocycles. The van der Waals surface area contributed by atoms with Crippen LogP contribution in [0.4, 0.5) is 0 Å². The van der Waals surface area contributed by atoms with E-state index in [2.05, 4.69) is 37.0 Å².